The maximum absolute atomic E-state index is 15.4. The molecular formula is C38H47FN6O4S. The van der Waals surface area contributed by atoms with Gasteiger partial charge in [0.2, 0.25) is 0 Å². The number of fused-ring (bicyclic) bond motifs is 2. The van der Waals surface area contributed by atoms with Gasteiger partial charge in [-0.05, 0) is 100 Å². The molecule has 0 bridgehead atoms. The maximum Gasteiger partial charge on any atom is 0.290 e. The van der Waals surface area contributed by atoms with Crippen LogP contribution in [-0.4, -0.2) is 74.6 Å². The molecule has 0 unspecified atom stereocenters. The Morgan fingerprint density at radius 2 is 1.74 bits per heavy atom. The number of carboxylic acid groups (broad SMARTS) is 1. The molecule has 0 saturated carbocycles. The van der Waals surface area contributed by atoms with Crippen LogP contribution in [0.4, 0.5) is 15.3 Å². The first-order valence-corrected chi connectivity index (χ1v) is 17.8. The quantitative estimate of drug-likeness (QED) is 0.183. The van der Waals surface area contributed by atoms with Gasteiger partial charge in [0.1, 0.15) is 11.5 Å². The third-order valence-corrected chi connectivity index (χ3v) is 9.71. The number of ether oxygens (including phenoxy) is 1. The number of hydrogen-bond donors (Lipinski definition) is 2. The summed E-state index contributed by atoms with van der Waals surface area (Å²) in [5.74, 6) is 1.12. The molecule has 1 fully saturated rings. The van der Waals surface area contributed by atoms with E-state index in [1.165, 1.54) is 0 Å². The number of halogens is 1. The van der Waals surface area contributed by atoms with E-state index in [4.69, 9.17) is 29.7 Å². The van der Waals surface area contributed by atoms with Gasteiger partial charge >= 0.3 is 0 Å². The number of hydrogen-bond acceptors (Lipinski definition) is 9. The fraction of sp³-hybridized carbons (Fsp3) is 0.421. The minimum atomic E-state index is -0.500. The molecule has 0 aliphatic carbocycles. The molecule has 266 valence electrons. The lowest BCUT2D eigenvalue weighted by Gasteiger charge is -2.35. The molecule has 0 amide bonds. The molecule has 1 saturated heterocycles. The molecule has 4 aromatic heterocycles. The lowest BCUT2D eigenvalue weighted by molar-refractivity contribution is -0.122. The highest BCUT2D eigenvalue weighted by Crippen LogP contribution is 2.43. The molecule has 1 aromatic carbocycles. The summed E-state index contributed by atoms with van der Waals surface area (Å²) in [5, 5.41) is 19.6. The highest BCUT2D eigenvalue weighted by Gasteiger charge is 2.26. The first-order chi connectivity index (χ1) is 23.9. The SMILES string of the molecule is CC(C)(C)O.CCc1c(C)nc2c(cc(-c3ccnc(N4CCN(c5nccs5)CC4)c3)n2C)c1-c1cc(F)c2c(c1C)CCCO2.O=CO. The average molecular weight is 703 g/mol. The zero-order valence-electron chi connectivity index (χ0n) is 30.0. The third-order valence-electron chi connectivity index (χ3n) is 8.88. The second kappa shape index (κ2) is 15.6. The summed E-state index contributed by atoms with van der Waals surface area (Å²) in [7, 11) is 2.07. The fourth-order valence-electron chi connectivity index (χ4n) is 6.67. The van der Waals surface area contributed by atoms with Gasteiger partial charge in [0, 0.05) is 73.2 Å². The number of carbonyl (C=O) groups is 1. The Hall–Kier alpha value is -4.55. The molecule has 10 nitrogen and oxygen atoms in total. The number of pyridine rings is 2. The molecule has 2 aliphatic rings. The highest BCUT2D eigenvalue weighted by atomic mass is 32.1. The standard InChI is InChI=1S/C33H35FN6OS.C4H10O.CH2O2/c1-5-23-21(3)37-32-26(30(23)25-18-27(34)31-24(20(25)2)7-6-15-41-31)19-28(38(32)4)22-8-9-35-29(17-22)39-11-13-40(14-12-39)33-36-10-16-42-33;1-4(2,3)5;2-1-3/h8-10,16-19H,5-7,11-15H2,1-4H3;5H,1-3H3;1H,(H,2,3). The second-order valence-corrected chi connectivity index (χ2v) is 14.4. The van der Waals surface area contributed by atoms with Gasteiger partial charge in [-0.1, -0.05) is 6.92 Å². The van der Waals surface area contributed by atoms with Crippen LogP contribution in [0.25, 0.3) is 33.4 Å². The second-order valence-electron chi connectivity index (χ2n) is 13.5. The number of anilines is 2. The topological polar surface area (TPSA) is 117 Å². The molecule has 2 N–H and O–H groups in total. The van der Waals surface area contributed by atoms with Crippen molar-refractivity contribution in [3.63, 3.8) is 0 Å². The van der Waals surface area contributed by atoms with E-state index < -0.39 is 5.60 Å². The molecular weight excluding hydrogens is 656 g/mol. The van der Waals surface area contributed by atoms with Crippen molar-refractivity contribution >= 4 is 39.8 Å². The Morgan fingerprint density at radius 3 is 2.38 bits per heavy atom. The Kier molecular flexibility index (Phi) is 11.4. The van der Waals surface area contributed by atoms with Crippen LogP contribution >= 0.6 is 11.3 Å². The zero-order chi connectivity index (χ0) is 36.2. The summed E-state index contributed by atoms with van der Waals surface area (Å²) in [4.78, 5) is 27.3. The van der Waals surface area contributed by atoms with Gasteiger partial charge in [-0.15, -0.1) is 11.3 Å². The van der Waals surface area contributed by atoms with Crippen molar-refractivity contribution < 1.29 is 24.1 Å². The molecule has 50 heavy (non-hydrogen) atoms. The minimum Gasteiger partial charge on any atom is -0.490 e. The number of piperazine rings is 1. The summed E-state index contributed by atoms with van der Waals surface area (Å²) >= 11 is 1.69. The number of aromatic nitrogens is 4. The van der Waals surface area contributed by atoms with E-state index in [-0.39, 0.29) is 12.3 Å². The normalized spacial score (nSPS) is 14.3. The van der Waals surface area contributed by atoms with Crippen molar-refractivity contribution in [1.82, 2.24) is 19.5 Å². The van der Waals surface area contributed by atoms with E-state index in [1.54, 1.807) is 38.2 Å². The molecule has 0 spiro atoms. The molecule has 0 radical (unpaired) electrons. The van der Waals surface area contributed by atoms with Crippen LogP contribution in [0.5, 0.6) is 5.75 Å². The summed E-state index contributed by atoms with van der Waals surface area (Å²) in [5.41, 5.74) is 8.81. The third kappa shape index (κ3) is 7.92. The van der Waals surface area contributed by atoms with E-state index in [1.807, 2.05) is 17.8 Å². The van der Waals surface area contributed by atoms with Crippen LogP contribution in [0, 0.1) is 19.7 Å². The first-order valence-electron chi connectivity index (χ1n) is 17.0. The first kappa shape index (κ1) is 36.7. The predicted molar refractivity (Wildman–Crippen MR) is 199 cm³/mol. The zero-order valence-corrected chi connectivity index (χ0v) is 30.8. The van der Waals surface area contributed by atoms with Crippen LogP contribution in [-0.2, 0) is 24.7 Å². The van der Waals surface area contributed by atoms with Gasteiger partial charge < -0.3 is 29.3 Å². The van der Waals surface area contributed by atoms with Gasteiger partial charge in [-0.2, -0.15) is 0 Å². The van der Waals surface area contributed by atoms with Crippen molar-refractivity contribution in [2.75, 3.05) is 42.6 Å². The van der Waals surface area contributed by atoms with Crippen molar-refractivity contribution in [3.8, 4) is 28.1 Å². The molecule has 6 heterocycles. The Balaban J connectivity index is 0.000000552. The van der Waals surface area contributed by atoms with Crippen LogP contribution in [0.15, 0.2) is 42.0 Å². The van der Waals surface area contributed by atoms with E-state index in [2.05, 4.69) is 65.4 Å². The van der Waals surface area contributed by atoms with Crippen LogP contribution in [0.1, 0.15) is 56.5 Å². The van der Waals surface area contributed by atoms with Crippen LogP contribution in [0.3, 0.4) is 0 Å². The van der Waals surface area contributed by atoms with E-state index >= 15 is 4.39 Å². The van der Waals surface area contributed by atoms with Gasteiger partial charge in [0.15, 0.2) is 16.7 Å². The molecule has 5 aromatic rings. The average Bonchev–Trinajstić information content (AvgIpc) is 3.74. The van der Waals surface area contributed by atoms with Crippen molar-refractivity contribution in [1.29, 1.82) is 0 Å². The largest absolute Gasteiger partial charge is 0.490 e. The number of benzene rings is 1. The Bertz CT molecular complexity index is 1940. The molecule has 7 rings (SSSR count). The lowest BCUT2D eigenvalue weighted by Crippen LogP contribution is -2.46. The van der Waals surface area contributed by atoms with Crippen molar-refractivity contribution in [3.05, 3.63) is 70.2 Å². The van der Waals surface area contributed by atoms with Gasteiger partial charge in [-0.3, -0.25) is 4.79 Å². The molecule has 12 heteroatoms. The number of nitrogens with zero attached hydrogens (tertiary/aromatic N) is 6. The van der Waals surface area contributed by atoms with Gasteiger partial charge in [0.25, 0.3) is 6.47 Å². The lowest BCUT2D eigenvalue weighted by atomic mass is 9.87. The number of aryl methyl sites for hydroxylation is 2. The number of rotatable bonds is 5. The number of aliphatic hydroxyl groups is 1. The summed E-state index contributed by atoms with van der Waals surface area (Å²) in [6.45, 7) is 15.5. The van der Waals surface area contributed by atoms with Gasteiger partial charge in [0.05, 0.1) is 17.9 Å². The molecule has 0 atom stereocenters. The summed E-state index contributed by atoms with van der Waals surface area (Å²) < 4.78 is 23.4. The van der Waals surface area contributed by atoms with Crippen molar-refractivity contribution in [2.45, 2.75) is 66.4 Å². The Labute approximate surface area is 297 Å². The fourth-order valence-corrected chi connectivity index (χ4v) is 7.36. The molecule has 2 aliphatic heterocycles. The monoisotopic (exact) mass is 702 g/mol. The minimum absolute atomic E-state index is 0.250. The number of thiazole rings is 1. The van der Waals surface area contributed by atoms with E-state index in [0.717, 1.165) is 112 Å². The van der Waals surface area contributed by atoms with Crippen LogP contribution < -0.4 is 14.5 Å². The van der Waals surface area contributed by atoms with Crippen molar-refractivity contribution in [2.24, 2.45) is 7.05 Å². The predicted octanol–water partition coefficient (Wildman–Crippen LogP) is 7.21. The van der Waals surface area contributed by atoms with Crippen LogP contribution in [0.2, 0.25) is 0 Å². The summed E-state index contributed by atoms with van der Waals surface area (Å²) in [6, 6.07) is 8.15. The van der Waals surface area contributed by atoms with E-state index in [0.29, 0.717) is 12.4 Å². The maximum atomic E-state index is 15.4. The highest BCUT2D eigenvalue weighted by molar-refractivity contribution is 7.13. The Morgan fingerprint density at radius 1 is 1.06 bits per heavy atom. The smallest absolute Gasteiger partial charge is 0.290 e. The summed E-state index contributed by atoms with van der Waals surface area (Å²) in [6.07, 6.45) is 6.32. The van der Waals surface area contributed by atoms with E-state index in [9.17, 15) is 0 Å². The van der Waals surface area contributed by atoms with Gasteiger partial charge in [-0.25, -0.2) is 19.3 Å².